The van der Waals surface area contributed by atoms with Crippen LogP contribution in [0.3, 0.4) is 0 Å². The highest BCUT2D eigenvalue weighted by Crippen LogP contribution is 2.34. The van der Waals surface area contributed by atoms with Gasteiger partial charge < -0.3 is 15.0 Å². The van der Waals surface area contributed by atoms with E-state index in [4.69, 9.17) is 4.74 Å². The Morgan fingerprint density at radius 1 is 1.21 bits per heavy atom. The van der Waals surface area contributed by atoms with Gasteiger partial charge in [0.25, 0.3) is 5.91 Å². The topological polar surface area (TPSA) is 58.6 Å². The van der Waals surface area contributed by atoms with Gasteiger partial charge in [-0.15, -0.1) is 0 Å². The van der Waals surface area contributed by atoms with Crippen LogP contribution in [0.25, 0.3) is 0 Å². The molecule has 2 amide bonds. The molecule has 1 N–H and O–H groups in total. The molecule has 24 heavy (non-hydrogen) atoms. The van der Waals surface area contributed by atoms with Gasteiger partial charge in [0.1, 0.15) is 5.75 Å². The third-order valence-corrected chi connectivity index (χ3v) is 4.19. The van der Waals surface area contributed by atoms with Crippen molar-refractivity contribution < 1.29 is 14.3 Å². The van der Waals surface area contributed by atoms with Crippen molar-refractivity contribution in [2.45, 2.75) is 19.8 Å². The molecule has 0 atom stereocenters. The molecule has 3 rings (SSSR count). The lowest BCUT2D eigenvalue weighted by molar-refractivity contribution is -0.117. The van der Waals surface area contributed by atoms with Crippen molar-refractivity contribution in [2.75, 3.05) is 23.9 Å². The number of methoxy groups -OCH3 is 1. The van der Waals surface area contributed by atoms with Crippen LogP contribution in [-0.4, -0.2) is 25.5 Å². The Hall–Kier alpha value is -2.82. The lowest BCUT2D eigenvalue weighted by Gasteiger charge is -2.19. The van der Waals surface area contributed by atoms with E-state index in [1.54, 1.807) is 30.2 Å². The molecule has 1 aliphatic rings. The van der Waals surface area contributed by atoms with Crippen LogP contribution in [0.4, 0.5) is 11.4 Å². The molecule has 124 valence electrons. The maximum Gasteiger partial charge on any atom is 0.255 e. The van der Waals surface area contributed by atoms with Gasteiger partial charge in [-0.1, -0.05) is 18.2 Å². The van der Waals surface area contributed by atoms with E-state index in [0.717, 1.165) is 17.7 Å². The Morgan fingerprint density at radius 3 is 2.67 bits per heavy atom. The number of rotatable bonds is 4. The van der Waals surface area contributed by atoms with Crippen LogP contribution in [0.1, 0.15) is 28.8 Å². The van der Waals surface area contributed by atoms with Crippen molar-refractivity contribution in [1.29, 1.82) is 0 Å². The van der Waals surface area contributed by atoms with Crippen molar-refractivity contribution in [2.24, 2.45) is 0 Å². The van der Waals surface area contributed by atoms with Gasteiger partial charge in [-0.25, -0.2) is 0 Å². The first-order valence-corrected chi connectivity index (χ1v) is 7.95. The number of hydrogen-bond donors (Lipinski definition) is 1. The SMILES string of the molecule is COc1cc(NC(=O)c2ccccc2C)ccc1N1CCCC1=O. The van der Waals surface area contributed by atoms with E-state index >= 15 is 0 Å². The molecule has 0 aromatic heterocycles. The summed E-state index contributed by atoms with van der Waals surface area (Å²) in [4.78, 5) is 26.1. The molecule has 0 bridgehead atoms. The Balaban J connectivity index is 1.83. The molecule has 1 fully saturated rings. The van der Waals surface area contributed by atoms with Crippen LogP contribution in [0.2, 0.25) is 0 Å². The number of aryl methyl sites for hydroxylation is 1. The largest absolute Gasteiger partial charge is 0.494 e. The number of hydrogen-bond acceptors (Lipinski definition) is 3. The second kappa shape index (κ2) is 6.74. The lowest BCUT2D eigenvalue weighted by atomic mass is 10.1. The summed E-state index contributed by atoms with van der Waals surface area (Å²) in [6.07, 6.45) is 1.42. The zero-order chi connectivity index (χ0) is 17.1. The summed E-state index contributed by atoms with van der Waals surface area (Å²) in [5, 5.41) is 2.88. The van der Waals surface area contributed by atoms with Gasteiger partial charge in [0.2, 0.25) is 5.91 Å². The molecule has 1 aliphatic heterocycles. The van der Waals surface area contributed by atoms with Crippen LogP contribution in [-0.2, 0) is 4.79 Å². The summed E-state index contributed by atoms with van der Waals surface area (Å²) in [5.74, 6) is 0.512. The third-order valence-electron chi connectivity index (χ3n) is 4.19. The molecule has 1 heterocycles. The van der Waals surface area contributed by atoms with Gasteiger partial charge in [0, 0.05) is 30.3 Å². The number of carbonyl (C=O) groups excluding carboxylic acids is 2. The molecule has 1 saturated heterocycles. The Morgan fingerprint density at radius 2 is 2.00 bits per heavy atom. The fraction of sp³-hybridized carbons (Fsp3) is 0.263. The Bertz CT molecular complexity index is 786. The summed E-state index contributed by atoms with van der Waals surface area (Å²) in [7, 11) is 1.56. The molecular weight excluding hydrogens is 304 g/mol. The molecular formula is C19H20N2O3. The van der Waals surface area contributed by atoms with Crippen LogP contribution in [0, 0.1) is 6.92 Å². The van der Waals surface area contributed by atoms with E-state index in [9.17, 15) is 9.59 Å². The van der Waals surface area contributed by atoms with Gasteiger partial charge in [-0.05, 0) is 37.1 Å². The number of benzene rings is 2. The third kappa shape index (κ3) is 3.11. The zero-order valence-corrected chi connectivity index (χ0v) is 13.8. The number of anilines is 2. The van der Waals surface area contributed by atoms with Crippen LogP contribution < -0.4 is 15.0 Å². The minimum absolute atomic E-state index is 0.102. The van der Waals surface area contributed by atoms with Crippen molar-refractivity contribution in [3.05, 3.63) is 53.6 Å². The maximum absolute atomic E-state index is 12.4. The van der Waals surface area contributed by atoms with Crippen LogP contribution in [0.15, 0.2) is 42.5 Å². The molecule has 0 aliphatic carbocycles. The van der Waals surface area contributed by atoms with E-state index in [1.165, 1.54) is 0 Å². The van der Waals surface area contributed by atoms with Gasteiger partial charge >= 0.3 is 0 Å². The number of nitrogens with one attached hydrogen (secondary N) is 1. The number of nitrogens with zero attached hydrogens (tertiary/aromatic N) is 1. The van der Waals surface area contributed by atoms with Crippen molar-refractivity contribution in [3.8, 4) is 5.75 Å². The first-order valence-electron chi connectivity index (χ1n) is 7.95. The second-order valence-electron chi connectivity index (χ2n) is 5.80. The predicted octanol–water partition coefficient (Wildman–Crippen LogP) is 3.38. The van der Waals surface area contributed by atoms with E-state index in [1.807, 2.05) is 31.2 Å². The van der Waals surface area contributed by atoms with Gasteiger partial charge in [0.15, 0.2) is 0 Å². The Labute approximate surface area is 141 Å². The molecule has 0 spiro atoms. The van der Waals surface area contributed by atoms with Crippen LogP contribution >= 0.6 is 0 Å². The Kier molecular flexibility index (Phi) is 4.51. The normalized spacial score (nSPS) is 13.9. The summed E-state index contributed by atoms with van der Waals surface area (Å²) < 4.78 is 5.41. The number of carbonyl (C=O) groups is 2. The highest BCUT2D eigenvalue weighted by Gasteiger charge is 2.24. The molecule has 0 unspecified atom stereocenters. The average molecular weight is 324 g/mol. The highest BCUT2D eigenvalue weighted by molar-refractivity contribution is 6.05. The molecule has 5 nitrogen and oxygen atoms in total. The monoisotopic (exact) mass is 324 g/mol. The lowest BCUT2D eigenvalue weighted by Crippen LogP contribution is -2.24. The maximum atomic E-state index is 12.4. The predicted molar refractivity (Wildman–Crippen MR) is 93.7 cm³/mol. The molecule has 0 radical (unpaired) electrons. The van der Waals surface area contributed by atoms with E-state index in [0.29, 0.717) is 30.0 Å². The standard InChI is InChI=1S/C19H20N2O3/c1-13-6-3-4-7-15(13)19(23)20-14-9-10-16(17(12-14)24-2)21-11-5-8-18(21)22/h3-4,6-7,9-10,12H,5,8,11H2,1-2H3,(H,20,23). The van der Waals surface area contributed by atoms with Crippen molar-refractivity contribution in [3.63, 3.8) is 0 Å². The molecule has 0 saturated carbocycles. The fourth-order valence-electron chi connectivity index (χ4n) is 2.91. The zero-order valence-electron chi connectivity index (χ0n) is 13.8. The summed E-state index contributed by atoms with van der Waals surface area (Å²) in [6, 6.07) is 12.8. The van der Waals surface area contributed by atoms with E-state index in [-0.39, 0.29) is 11.8 Å². The summed E-state index contributed by atoms with van der Waals surface area (Å²) in [5.41, 5.74) is 2.93. The molecule has 5 heteroatoms. The minimum Gasteiger partial charge on any atom is -0.494 e. The van der Waals surface area contributed by atoms with Crippen LogP contribution in [0.5, 0.6) is 5.75 Å². The van der Waals surface area contributed by atoms with Gasteiger partial charge in [-0.2, -0.15) is 0 Å². The number of amides is 2. The van der Waals surface area contributed by atoms with E-state index < -0.39 is 0 Å². The van der Waals surface area contributed by atoms with Gasteiger partial charge in [-0.3, -0.25) is 9.59 Å². The number of ether oxygens (including phenoxy) is 1. The van der Waals surface area contributed by atoms with Crippen molar-refractivity contribution in [1.82, 2.24) is 0 Å². The first kappa shape index (κ1) is 16.1. The fourth-order valence-corrected chi connectivity index (χ4v) is 2.91. The highest BCUT2D eigenvalue weighted by atomic mass is 16.5. The second-order valence-corrected chi connectivity index (χ2v) is 5.80. The molecule has 2 aromatic rings. The smallest absolute Gasteiger partial charge is 0.255 e. The molecule has 2 aromatic carbocycles. The minimum atomic E-state index is -0.167. The first-order chi connectivity index (χ1) is 11.6. The quantitative estimate of drug-likeness (QED) is 0.938. The van der Waals surface area contributed by atoms with E-state index in [2.05, 4.69) is 5.32 Å². The van der Waals surface area contributed by atoms with Crippen molar-refractivity contribution >= 4 is 23.2 Å². The summed E-state index contributed by atoms with van der Waals surface area (Å²) in [6.45, 7) is 2.60. The van der Waals surface area contributed by atoms with Gasteiger partial charge in [0.05, 0.1) is 12.8 Å². The average Bonchev–Trinajstić information content (AvgIpc) is 3.01. The summed E-state index contributed by atoms with van der Waals surface area (Å²) >= 11 is 0.